The van der Waals surface area contributed by atoms with Gasteiger partial charge in [0.2, 0.25) is 0 Å². The highest BCUT2D eigenvalue weighted by atomic mass is 19.1. The summed E-state index contributed by atoms with van der Waals surface area (Å²) in [6.45, 7) is 2.70. The Labute approximate surface area is 133 Å². The van der Waals surface area contributed by atoms with Gasteiger partial charge in [0.1, 0.15) is 5.82 Å². The molecule has 122 valence electrons. The van der Waals surface area contributed by atoms with Crippen molar-refractivity contribution >= 4 is 5.91 Å². The predicted octanol–water partition coefficient (Wildman–Crippen LogP) is 1.32. The summed E-state index contributed by atoms with van der Waals surface area (Å²) in [6.07, 6.45) is 3.73. The van der Waals surface area contributed by atoms with E-state index in [1.54, 1.807) is 18.3 Å². The van der Waals surface area contributed by atoms with Crippen LogP contribution in [0.15, 0.2) is 30.5 Å². The van der Waals surface area contributed by atoms with Gasteiger partial charge in [0.25, 0.3) is 5.91 Å². The van der Waals surface area contributed by atoms with Gasteiger partial charge in [0, 0.05) is 6.54 Å². The van der Waals surface area contributed by atoms with Crippen LogP contribution in [0.4, 0.5) is 4.39 Å². The molecule has 1 amide bonds. The molecule has 0 saturated heterocycles. The van der Waals surface area contributed by atoms with Crippen molar-refractivity contribution in [3.8, 4) is 0 Å². The molecule has 0 spiro atoms. The van der Waals surface area contributed by atoms with Crippen LogP contribution in [0.3, 0.4) is 0 Å². The number of amides is 1. The molecular formula is C16H20FN5O. The number of aromatic nitrogens is 3. The number of rotatable bonds is 6. The zero-order valence-electron chi connectivity index (χ0n) is 13.0. The first-order chi connectivity index (χ1) is 11.0. The number of hydrogen-bond acceptors (Lipinski definition) is 4. The highest BCUT2D eigenvalue weighted by Gasteiger charge is 2.41. The summed E-state index contributed by atoms with van der Waals surface area (Å²) in [4.78, 5) is 12.3. The van der Waals surface area contributed by atoms with E-state index in [1.807, 2.05) is 6.92 Å². The maximum absolute atomic E-state index is 13.2. The number of halogens is 1. The van der Waals surface area contributed by atoms with Crippen molar-refractivity contribution in [2.45, 2.75) is 31.8 Å². The van der Waals surface area contributed by atoms with Gasteiger partial charge in [-0.1, -0.05) is 17.3 Å². The molecule has 1 aromatic heterocycles. The van der Waals surface area contributed by atoms with Gasteiger partial charge >= 0.3 is 0 Å². The van der Waals surface area contributed by atoms with Gasteiger partial charge in [-0.2, -0.15) is 0 Å². The summed E-state index contributed by atoms with van der Waals surface area (Å²) in [5, 5.41) is 10.8. The second kappa shape index (κ2) is 6.08. The first-order valence-corrected chi connectivity index (χ1v) is 7.67. The third kappa shape index (κ3) is 3.56. The molecule has 23 heavy (non-hydrogen) atoms. The maximum Gasteiger partial charge on any atom is 0.273 e. The van der Waals surface area contributed by atoms with Crippen LogP contribution < -0.4 is 11.1 Å². The maximum atomic E-state index is 13.2. The number of benzene rings is 1. The summed E-state index contributed by atoms with van der Waals surface area (Å²) in [6, 6.07) is 6.25. The lowest BCUT2D eigenvalue weighted by Crippen LogP contribution is -2.53. The van der Waals surface area contributed by atoms with Crippen LogP contribution >= 0.6 is 0 Å². The molecule has 1 atom stereocenters. The van der Waals surface area contributed by atoms with Gasteiger partial charge in [-0.25, -0.2) is 9.07 Å². The van der Waals surface area contributed by atoms with Crippen molar-refractivity contribution < 1.29 is 9.18 Å². The zero-order chi connectivity index (χ0) is 16.4. The predicted molar refractivity (Wildman–Crippen MR) is 83.2 cm³/mol. The van der Waals surface area contributed by atoms with Crippen molar-refractivity contribution in [1.82, 2.24) is 20.3 Å². The third-order valence-electron chi connectivity index (χ3n) is 4.31. The third-order valence-corrected chi connectivity index (χ3v) is 4.31. The van der Waals surface area contributed by atoms with Gasteiger partial charge in [-0.15, -0.1) is 5.10 Å². The molecule has 1 heterocycles. The number of nitrogens with two attached hydrogens (primary N) is 1. The van der Waals surface area contributed by atoms with E-state index in [0.717, 1.165) is 18.4 Å². The first-order valence-electron chi connectivity index (χ1n) is 7.67. The first kappa shape index (κ1) is 15.6. The Morgan fingerprint density at radius 3 is 2.96 bits per heavy atom. The molecular weight excluding hydrogens is 297 g/mol. The number of nitrogens with one attached hydrogen (secondary N) is 1. The Balaban J connectivity index is 1.67. The quantitative estimate of drug-likeness (QED) is 0.841. The number of hydrogen-bond donors (Lipinski definition) is 2. The average Bonchev–Trinajstić information content (AvgIpc) is 3.28. The SMILES string of the molecule is CC(CN)(NC(=O)c1cn(Cc2cccc(F)c2)nn1)C1CC1. The van der Waals surface area contributed by atoms with E-state index in [-0.39, 0.29) is 17.4 Å². The minimum absolute atomic E-state index is 0.238. The fourth-order valence-electron chi connectivity index (χ4n) is 2.67. The minimum atomic E-state index is -0.399. The largest absolute Gasteiger partial charge is 0.344 e. The fourth-order valence-corrected chi connectivity index (χ4v) is 2.67. The van der Waals surface area contributed by atoms with Gasteiger partial charge < -0.3 is 11.1 Å². The van der Waals surface area contributed by atoms with Crippen molar-refractivity contribution in [1.29, 1.82) is 0 Å². The molecule has 2 aromatic rings. The molecule has 3 rings (SSSR count). The topological polar surface area (TPSA) is 85.8 Å². The van der Waals surface area contributed by atoms with E-state index >= 15 is 0 Å². The second-order valence-corrected chi connectivity index (χ2v) is 6.28. The second-order valence-electron chi connectivity index (χ2n) is 6.28. The smallest absolute Gasteiger partial charge is 0.273 e. The monoisotopic (exact) mass is 317 g/mol. The molecule has 1 aromatic carbocycles. The Morgan fingerprint density at radius 2 is 2.30 bits per heavy atom. The molecule has 6 nitrogen and oxygen atoms in total. The molecule has 1 fully saturated rings. The van der Waals surface area contributed by atoms with Crippen LogP contribution in [0, 0.1) is 11.7 Å². The molecule has 0 aliphatic heterocycles. The van der Waals surface area contributed by atoms with E-state index in [9.17, 15) is 9.18 Å². The Kier molecular flexibility index (Phi) is 4.12. The van der Waals surface area contributed by atoms with E-state index in [2.05, 4.69) is 15.6 Å². The molecule has 1 aliphatic carbocycles. The summed E-state index contributed by atoms with van der Waals surface area (Å²) >= 11 is 0. The van der Waals surface area contributed by atoms with Crippen LogP contribution in [0.5, 0.6) is 0 Å². The van der Waals surface area contributed by atoms with E-state index < -0.39 is 5.54 Å². The average molecular weight is 317 g/mol. The number of carbonyl (C=O) groups is 1. The van der Waals surface area contributed by atoms with Crippen molar-refractivity contribution in [3.05, 3.63) is 47.5 Å². The Hall–Kier alpha value is -2.28. The highest BCUT2D eigenvalue weighted by molar-refractivity contribution is 5.92. The van der Waals surface area contributed by atoms with Gasteiger partial charge in [-0.05, 0) is 43.4 Å². The van der Waals surface area contributed by atoms with Crippen molar-refractivity contribution in [3.63, 3.8) is 0 Å². The van der Waals surface area contributed by atoms with Gasteiger partial charge in [0.15, 0.2) is 5.69 Å². The normalized spacial score (nSPS) is 16.8. The summed E-state index contributed by atoms with van der Waals surface area (Å²) in [5.74, 6) is -0.155. The van der Waals surface area contributed by atoms with Gasteiger partial charge in [-0.3, -0.25) is 4.79 Å². The molecule has 0 bridgehead atoms. The van der Waals surface area contributed by atoms with Crippen molar-refractivity contribution in [2.24, 2.45) is 11.7 Å². The molecule has 0 radical (unpaired) electrons. The zero-order valence-corrected chi connectivity index (χ0v) is 13.0. The molecule has 3 N–H and O–H groups in total. The van der Waals surface area contributed by atoms with Crippen LogP contribution in [0.1, 0.15) is 35.8 Å². The van der Waals surface area contributed by atoms with Crippen LogP contribution in [0.2, 0.25) is 0 Å². The Bertz CT molecular complexity index is 712. The van der Waals surface area contributed by atoms with Crippen LogP contribution in [-0.4, -0.2) is 33.0 Å². The summed E-state index contributed by atoms with van der Waals surface area (Å²) in [5.41, 5.74) is 6.40. The lowest BCUT2D eigenvalue weighted by molar-refractivity contribution is 0.0892. The molecule has 1 unspecified atom stereocenters. The van der Waals surface area contributed by atoms with Gasteiger partial charge in [0.05, 0.1) is 18.3 Å². The van der Waals surface area contributed by atoms with E-state index in [1.165, 1.54) is 16.8 Å². The molecule has 7 heteroatoms. The Morgan fingerprint density at radius 1 is 1.52 bits per heavy atom. The number of nitrogens with zero attached hydrogens (tertiary/aromatic N) is 3. The van der Waals surface area contributed by atoms with Crippen LogP contribution in [-0.2, 0) is 6.54 Å². The lowest BCUT2D eigenvalue weighted by Gasteiger charge is -2.28. The summed E-state index contributed by atoms with van der Waals surface area (Å²) < 4.78 is 14.7. The van der Waals surface area contributed by atoms with Crippen molar-refractivity contribution in [2.75, 3.05) is 6.54 Å². The lowest BCUT2D eigenvalue weighted by atomic mass is 9.96. The van der Waals surface area contributed by atoms with Crippen LogP contribution in [0.25, 0.3) is 0 Å². The standard InChI is InChI=1S/C16H20FN5O/c1-16(10-18,12-5-6-12)19-15(23)14-9-22(21-20-14)8-11-3-2-4-13(17)7-11/h2-4,7,9,12H,5-6,8,10,18H2,1H3,(H,19,23). The summed E-state index contributed by atoms with van der Waals surface area (Å²) in [7, 11) is 0. The molecule has 1 aliphatic rings. The molecule has 1 saturated carbocycles. The highest BCUT2D eigenvalue weighted by Crippen LogP contribution is 2.39. The fraction of sp³-hybridized carbons (Fsp3) is 0.438. The van der Waals surface area contributed by atoms with E-state index in [4.69, 9.17) is 5.73 Å². The minimum Gasteiger partial charge on any atom is -0.344 e. The van der Waals surface area contributed by atoms with E-state index in [0.29, 0.717) is 19.0 Å². The number of carbonyl (C=O) groups excluding carboxylic acids is 1.